The number of hydrogen-bond donors (Lipinski definition) is 3. The number of carbonyl (C=O) groups is 3. The van der Waals surface area contributed by atoms with Gasteiger partial charge in [-0.1, -0.05) is 60.7 Å². The molecule has 0 spiro atoms. The summed E-state index contributed by atoms with van der Waals surface area (Å²) in [5, 5.41) is 21.3. The van der Waals surface area contributed by atoms with E-state index in [1.165, 1.54) is 12.1 Å². The molecule has 0 saturated heterocycles. The molecule has 4 rings (SSSR count). The highest BCUT2D eigenvalue weighted by Gasteiger charge is 2.35. The number of aliphatic carboxylic acids is 1. The molecular weight excluding hydrogens is 382 g/mol. The van der Waals surface area contributed by atoms with Crippen LogP contribution >= 0.6 is 0 Å². The summed E-state index contributed by atoms with van der Waals surface area (Å²) in [6.07, 6.45) is 0.0526. The van der Waals surface area contributed by atoms with Gasteiger partial charge in [-0.2, -0.15) is 0 Å². The number of carbonyl (C=O) groups excluding carboxylic acids is 1. The fraction of sp³-hybridized carbons (Fsp3) is 0.125. The third-order valence-electron chi connectivity index (χ3n) is 5.35. The van der Waals surface area contributed by atoms with E-state index in [2.05, 4.69) is 5.32 Å². The van der Waals surface area contributed by atoms with E-state index >= 15 is 0 Å². The standard InChI is InChI=1S/C24H19NO5/c26-22(21-18-7-3-1-5-16(18)17-6-2-4-8-19(17)21)25-20(24(29)30)13-14-9-11-15(12-10-14)23(27)28/h1-12,20-21H,13H2,(H,25,26)(H,27,28)(H,29,30)/t20-/m1/s1. The van der Waals surface area contributed by atoms with Crippen molar-refractivity contribution in [3.8, 4) is 11.1 Å². The zero-order valence-corrected chi connectivity index (χ0v) is 15.9. The number of benzene rings is 3. The first kappa shape index (κ1) is 19.4. The second kappa shape index (κ2) is 7.83. The molecule has 0 aromatic heterocycles. The smallest absolute Gasteiger partial charge is 0.335 e. The molecule has 0 saturated carbocycles. The maximum atomic E-state index is 13.2. The van der Waals surface area contributed by atoms with Crippen molar-refractivity contribution >= 4 is 17.8 Å². The van der Waals surface area contributed by atoms with Crippen LogP contribution in [-0.4, -0.2) is 34.1 Å². The molecule has 0 fully saturated rings. The van der Waals surface area contributed by atoms with Crippen molar-refractivity contribution in [3.05, 3.63) is 95.1 Å². The Labute approximate surface area is 172 Å². The average Bonchev–Trinajstić information content (AvgIpc) is 3.08. The molecule has 6 heteroatoms. The van der Waals surface area contributed by atoms with Crippen LogP contribution in [0, 0.1) is 0 Å². The molecule has 0 unspecified atom stereocenters. The lowest BCUT2D eigenvalue weighted by Crippen LogP contribution is -2.44. The summed E-state index contributed by atoms with van der Waals surface area (Å²) in [4.78, 5) is 36.0. The van der Waals surface area contributed by atoms with Crippen molar-refractivity contribution < 1.29 is 24.6 Å². The molecule has 150 valence electrons. The number of nitrogens with one attached hydrogen (secondary N) is 1. The molecule has 1 atom stereocenters. The van der Waals surface area contributed by atoms with Crippen LogP contribution < -0.4 is 5.32 Å². The SMILES string of the molecule is O=C(O)c1ccc(C[C@@H](NC(=O)C2c3ccccc3-c3ccccc32)C(=O)O)cc1. The molecule has 3 aromatic carbocycles. The van der Waals surface area contributed by atoms with Gasteiger partial charge in [0.1, 0.15) is 6.04 Å². The molecule has 0 bridgehead atoms. The molecule has 6 nitrogen and oxygen atoms in total. The van der Waals surface area contributed by atoms with E-state index < -0.39 is 23.9 Å². The lowest BCUT2D eigenvalue weighted by atomic mass is 9.95. The Kier molecular flexibility index (Phi) is 5.06. The Balaban J connectivity index is 1.58. The molecule has 1 amide bonds. The minimum Gasteiger partial charge on any atom is -0.480 e. The predicted octanol–water partition coefficient (Wildman–Crippen LogP) is 3.31. The minimum absolute atomic E-state index is 0.0526. The van der Waals surface area contributed by atoms with E-state index in [1.54, 1.807) is 12.1 Å². The highest BCUT2D eigenvalue weighted by Crippen LogP contribution is 2.44. The van der Waals surface area contributed by atoms with E-state index in [0.717, 1.165) is 22.3 Å². The van der Waals surface area contributed by atoms with Crippen LogP contribution in [0.15, 0.2) is 72.8 Å². The van der Waals surface area contributed by atoms with Crippen molar-refractivity contribution in [1.82, 2.24) is 5.32 Å². The summed E-state index contributed by atoms with van der Waals surface area (Å²) in [7, 11) is 0. The maximum Gasteiger partial charge on any atom is 0.335 e. The number of aromatic carboxylic acids is 1. The topological polar surface area (TPSA) is 104 Å². The van der Waals surface area contributed by atoms with Gasteiger partial charge in [0.05, 0.1) is 11.5 Å². The number of rotatable bonds is 6. The van der Waals surface area contributed by atoms with Crippen LogP contribution in [0.4, 0.5) is 0 Å². The molecule has 3 N–H and O–H groups in total. The van der Waals surface area contributed by atoms with E-state index in [-0.39, 0.29) is 17.9 Å². The van der Waals surface area contributed by atoms with E-state index in [4.69, 9.17) is 5.11 Å². The van der Waals surface area contributed by atoms with Gasteiger partial charge in [0.15, 0.2) is 0 Å². The summed E-state index contributed by atoms with van der Waals surface area (Å²) in [6, 6.07) is 20.1. The Morgan fingerprint density at radius 3 is 1.83 bits per heavy atom. The highest BCUT2D eigenvalue weighted by molar-refractivity contribution is 5.97. The van der Waals surface area contributed by atoms with Gasteiger partial charge in [-0.25, -0.2) is 9.59 Å². The lowest BCUT2D eigenvalue weighted by Gasteiger charge is -2.19. The van der Waals surface area contributed by atoms with Gasteiger partial charge in [-0.05, 0) is 39.9 Å². The van der Waals surface area contributed by atoms with Gasteiger partial charge >= 0.3 is 11.9 Å². The van der Waals surface area contributed by atoms with Crippen LogP contribution in [-0.2, 0) is 16.0 Å². The molecule has 1 aliphatic rings. The molecule has 0 radical (unpaired) electrons. The normalized spacial score (nSPS) is 13.2. The number of carboxylic acids is 2. The van der Waals surface area contributed by atoms with E-state index in [0.29, 0.717) is 5.56 Å². The third kappa shape index (κ3) is 3.55. The van der Waals surface area contributed by atoms with Crippen molar-refractivity contribution in [2.24, 2.45) is 0 Å². The minimum atomic E-state index is -1.15. The van der Waals surface area contributed by atoms with E-state index in [9.17, 15) is 19.5 Å². The first-order chi connectivity index (χ1) is 14.5. The summed E-state index contributed by atoms with van der Waals surface area (Å²) in [5.74, 6) is -3.15. The summed E-state index contributed by atoms with van der Waals surface area (Å²) >= 11 is 0. The van der Waals surface area contributed by atoms with Crippen molar-refractivity contribution in [2.45, 2.75) is 18.4 Å². The van der Waals surface area contributed by atoms with E-state index in [1.807, 2.05) is 48.5 Å². The number of fused-ring (bicyclic) bond motifs is 3. The summed E-state index contributed by atoms with van der Waals surface area (Å²) in [5.41, 5.74) is 4.40. The second-order valence-corrected chi connectivity index (χ2v) is 7.21. The molecule has 0 aliphatic heterocycles. The molecule has 3 aromatic rings. The Bertz CT molecular complexity index is 1090. The zero-order chi connectivity index (χ0) is 21.3. The van der Waals surface area contributed by atoms with Crippen molar-refractivity contribution in [2.75, 3.05) is 0 Å². The predicted molar refractivity (Wildman–Crippen MR) is 110 cm³/mol. The van der Waals surface area contributed by atoms with Crippen LogP contribution in [0.25, 0.3) is 11.1 Å². The molecule has 30 heavy (non-hydrogen) atoms. The maximum absolute atomic E-state index is 13.2. The van der Waals surface area contributed by atoms with Crippen LogP contribution in [0.3, 0.4) is 0 Å². The summed E-state index contributed by atoms with van der Waals surface area (Å²) < 4.78 is 0. The van der Waals surface area contributed by atoms with Gasteiger partial charge in [-0.3, -0.25) is 4.79 Å². The molecular formula is C24H19NO5. The second-order valence-electron chi connectivity index (χ2n) is 7.21. The zero-order valence-electron chi connectivity index (χ0n) is 15.9. The Morgan fingerprint density at radius 2 is 1.33 bits per heavy atom. The first-order valence-corrected chi connectivity index (χ1v) is 9.49. The largest absolute Gasteiger partial charge is 0.480 e. The Hall–Kier alpha value is -3.93. The van der Waals surface area contributed by atoms with Gasteiger partial charge < -0.3 is 15.5 Å². The summed E-state index contributed by atoms with van der Waals surface area (Å²) in [6.45, 7) is 0. The fourth-order valence-electron chi connectivity index (χ4n) is 3.91. The number of carboxylic acid groups (broad SMARTS) is 2. The lowest BCUT2D eigenvalue weighted by molar-refractivity contribution is -0.141. The highest BCUT2D eigenvalue weighted by atomic mass is 16.4. The van der Waals surface area contributed by atoms with Gasteiger partial charge in [0.2, 0.25) is 5.91 Å². The van der Waals surface area contributed by atoms with Gasteiger partial charge in [-0.15, -0.1) is 0 Å². The average molecular weight is 401 g/mol. The number of hydrogen-bond acceptors (Lipinski definition) is 3. The van der Waals surface area contributed by atoms with Crippen molar-refractivity contribution in [1.29, 1.82) is 0 Å². The quantitative estimate of drug-likeness (QED) is 0.588. The monoisotopic (exact) mass is 401 g/mol. The third-order valence-corrected chi connectivity index (χ3v) is 5.35. The van der Waals surface area contributed by atoms with Crippen LogP contribution in [0.1, 0.15) is 33.0 Å². The Morgan fingerprint density at radius 1 is 0.800 bits per heavy atom. The molecule has 1 aliphatic carbocycles. The molecule has 0 heterocycles. The van der Waals surface area contributed by atoms with Crippen molar-refractivity contribution in [3.63, 3.8) is 0 Å². The van der Waals surface area contributed by atoms with Crippen LogP contribution in [0.5, 0.6) is 0 Å². The fourth-order valence-corrected chi connectivity index (χ4v) is 3.91. The van der Waals surface area contributed by atoms with Gasteiger partial charge in [0, 0.05) is 6.42 Å². The first-order valence-electron chi connectivity index (χ1n) is 9.49. The van der Waals surface area contributed by atoms with Gasteiger partial charge in [0.25, 0.3) is 0 Å². The number of amides is 1. The van der Waals surface area contributed by atoms with Crippen LogP contribution in [0.2, 0.25) is 0 Å².